The highest BCUT2D eigenvalue weighted by atomic mass is 16.1. The average molecular weight is 178 g/mol. The van der Waals surface area contributed by atoms with Crippen LogP contribution in [-0.4, -0.2) is 17.4 Å². The normalized spacial score (nSPS) is 21.5. The van der Waals surface area contributed by atoms with Gasteiger partial charge in [0.25, 0.3) is 0 Å². The second kappa shape index (κ2) is 3.24. The molecule has 1 aliphatic carbocycles. The zero-order valence-electron chi connectivity index (χ0n) is 7.57. The smallest absolute Gasteiger partial charge is 0.246 e. The molecule has 0 bridgehead atoms. The van der Waals surface area contributed by atoms with Crippen molar-refractivity contribution in [2.24, 2.45) is 11.7 Å². The number of hydrogen-bond donors (Lipinski definition) is 1. The lowest BCUT2D eigenvalue weighted by atomic mass is 10.1. The summed E-state index contributed by atoms with van der Waals surface area (Å²) in [7, 11) is 0. The Bertz CT molecular complexity index is 277. The van der Waals surface area contributed by atoms with Crippen LogP contribution in [0, 0.1) is 5.92 Å². The highest BCUT2D eigenvalue weighted by Gasteiger charge is 2.23. The third-order valence-corrected chi connectivity index (χ3v) is 2.44. The maximum Gasteiger partial charge on any atom is 0.246 e. The predicted octanol–water partition coefficient (Wildman–Crippen LogP) is 0.985. The molecule has 0 radical (unpaired) electrons. The van der Waals surface area contributed by atoms with Crippen molar-refractivity contribution in [3.63, 3.8) is 0 Å². The van der Waals surface area contributed by atoms with Gasteiger partial charge in [0.15, 0.2) is 0 Å². The van der Waals surface area contributed by atoms with Gasteiger partial charge in [-0.2, -0.15) is 0 Å². The average Bonchev–Trinajstić information content (AvgIpc) is 2.89. The molecule has 3 nitrogen and oxygen atoms in total. The van der Waals surface area contributed by atoms with Crippen molar-refractivity contribution in [2.45, 2.75) is 19.3 Å². The molecular formula is C10H14N2O. The van der Waals surface area contributed by atoms with E-state index in [2.05, 4.69) is 4.90 Å². The summed E-state index contributed by atoms with van der Waals surface area (Å²) in [4.78, 5) is 13.0. The second-order valence-corrected chi connectivity index (χ2v) is 3.75. The van der Waals surface area contributed by atoms with Crippen molar-refractivity contribution in [2.75, 3.05) is 6.54 Å². The van der Waals surface area contributed by atoms with Crippen LogP contribution in [0.5, 0.6) is 0 Å². The highest BCUT2D eigenvalue weighted by Crippen LogP contribution is 2.30. The Labute approximate surface area is 77.9 Å². The molecule has 13 heavy (non-hydrogen) atoms. The van der Waals surface area contributed by atoms with Gasteiger partial charge in [0.1, 0.15) is 0 Å². The summed E-state index contributed by atoms with van der Waals surface area (Å²) in [5, 5.41) is 0. The second-order valence-electron chi connectivity index (χ2n) is 3.75. The summed E-state index contributed by atoms with van der Waals surface area (Å²) in [6.07, 6.45) is 9.22. The Hall–Kier alpha value is -1.25. The van der Waals surface area contributed by atoms with Gasteiger partial charge >= 0.3 is 0 Å². The number of primary amides is 1. The number of carbonyl (C=O) groups excluding carboxylic acids is 1. The Morgan fingerprint density at radius 1 is 1.62 bits per heavy atom. The lowest BCUT2D eigenvalue weighted by Gasteiger charge is -2.19. The molecule has 70 valence electrons. The van der Waals surface area contributed by atoms with Crippen molar-refractivity contribution < 1.29 is 4.79 Å². The monoisotopic (exact) mass is 178 g/mol. The molecule has 2 N–H and O–H groups in total. The van der Waals surface area contributed by atoms with Crippen LogP contribution in [-0.2, 0) is 4.79 Å². The molecule has 2 aliphatic rings. The molecule has 0 aromatic rings. The molecule has 1 aliphatic heterocycles. The van der Waals surface area contributed by atoms with Gasteiger partial charge in [-0.15, -0.1) is 0 Å². The van der Waals surface area contributed by atoms with Gasteiger partial charge in [-0.05, 0) is 31.4 Å². The van der Waals surface area contributed by atoms with Crippen LogP contribution >= 0.6 is 0 Å². The van der Waals surface area contributed by atoms with Gasteiger partial charge in [0.05, 0.1) is 0 Å². The summed E-state index contributed by atoms with van der Waals surface area (Å²) in [5.74, 6) is 0.526. The van der Waals surface area contributed by atoms with Crippen LogP contribution < -0.4 is 5.73 Å². The third-order valence-electron chi connectivity index (χ3n) is 2.44. The first-order valence-corrected chi connectivity index (χ1v) is 4.68. The number of hydrogen-bond acceptors (Lipinski definition) is 2. The van der Waals surface area contributed by atoms with E-state index in [1.165, 1.54) is 12.8 Å². The van der Waals surface area contributed by atoms with Crippen molar-refractivity contribution in [3.8, 4) is 0 Å². The molecular weight excluding hydrogens is 164 g/mol. The zero-order valence-corrected chi connectivity index (χ0v) is 7.57. The topological polar surface area (TPSA) is 46.3 Å². The molecule has 0 unspecified atom stereocenters. The van der Waals surface area contributed by atoms with Crippen LogP contribution in [0.1, 0.15) is 19.3 Å². The molecule has 2 rings (SSSR count). The molecule has 0 aromatic heterocycles. The zero-order chi connectivity index (χ0) is 9.26. The fraction of sp³-hybridized carbons (Fsp3) is 0.500. The van der Waals surface area contributed by atoms with E-state index >= 15 is 0 Å². The van der Waals surface area contributed by atoms with Crippen LogP contribution in [0.2, 0.25) is 0 Å². The molecule has 0 atom stereocenters. The van der Waals surface area contributed by atoms with E-state index in [0.29, 0.717) is 12.0 Å². The maximum absolute atomic E-state index is 10.9. The molecule has 1 saturated carbocycles. The van der Waals surface area contributed by atoms with E-state index in [9.17, 15) is 4.79 Å². The van der Waals surface area contributed by atoms with Gasteiger partial charge in [0.2, 0.25) is 5.91 Å². The molecule has 0 spiro atoms. The van der Waals surface area contributed by atoms with Crippen LogP contribution in [0.25, 0.3) is 0 Å². The number of amides is 1. The largest absolute Gasteiger partial charge is 0.366 e. The Morgan fingerprint density at radius 2 is 2.38 bits per heavy atom. The summed E-state index contributed by atoms with van der Waals surface area (Å²) in [5.41, 5.74) is 5.92. The fourth-order valence-electron chi connectivity index (χ4n) is 1.49. The molecule has 0 saturated heterocycles. The van der Waals surface area contributed by atoms with Crippen molar-refractivity contribution in [3.05, 3.63) is 24.0 Å². The van der Waals surface area contributed by atoms with Gasteiger partial charge in [-0.1, -0.05) is 6.08 Å². The minimum absolute atomic E-state index is 0.301. The standard InChI is InChI=1S/C10H14N2O/c11-10(13)9-2-1-5-12(7-9)6-8-3-4-8/h1,5,7-8H,2-4,6H2,(H2,11,13). The number of nitrogens with zero attached hydrogens (tertiary/aromatic N) is 1. The number of rotatable bonds is 3. The van der Waals surface area contributed by atoms with E-state index in [0.717, 1.165) is 12.5 Å². The minimum atomic E-state index is -0.301. The van der Waals surface area contributed by atoms with Gasteiger partial charge in [0, 0.05) is 18.3 Å². The first kappa shape index (κ1) is 8.35. The Kier molecular flexibility index (Phi) is 2.08. The van der Waals surface area contributed by atoms with E-state index in [4.69, 9.17) is 5.73 Å². The van der Waals surface area contributed by atoms with Gasteiger partial charge in [-0.3, -0.25) is 4.79 Å². The Morgan fingerprint density at radius 3 is 3.00 bits per heavy atom. The van der Waals surface area contributed by atoms with Crippen LogP contribution in [0.15, 0.2) is 24.0 Å². The van der Waals surface area contributed by atoms with Crippen molar-refractivity contribution >= 4 is 5.91 Å². The maximum atomic E-state index is 10.9. The molecule has 1 heterocycles. The molecule has 3 heteroatoms. The Balaban J connectivity index is 1.98. The van der Waals surface area contributed by atoms with E-state index < -0.39 is 0 Å². The van der Waals surface area contributed by atoms with E-state index in [-0.39, 0.29) is 5.91 Å². The first-order valence-electron chi connectivity index (χ1n) is 4.68. The van der Waals surface area contributed by atoms with Gasteiger partial charge < -0.3 is 10.6 Å². The number of nitrogens with two attached hydrogens (primary N) is 1. The third kappa shape index (κ3) is 2.11. The van der Waals surface area contributed by atoms with Crippen molar-refractivity contribution in [1.82, 2.24) is 4.90 Å². The van der Waals surface area contributed by atoms with Crippen LogP contribution in [0.4, 0.5) is 0 Å². The molecule has 1 amide bonds. The lowest BCUT2D eigenvalue weighted by Crippen LogP contribution is -2.22. The summed E-state index contributed by atoms with van der Waals surface area (Å²) in [6, 6.07) is 0. The summed E-state index contributed by atoms with van der Waals surface area (Å²) >= 11 is 0. The highest BCUT2D eigenvalue weighted by molar-refractivity contribution is 5.92. The van der Waals surface area contributed by atoms with E-state index in [1.54, 1.807) is 0 Å². The lowest BCUT2D eigenvalue weighted by molar-refractivity contribution is -0.114. The quantitative estimate of drug-likeness (QED) is 0.700. The summed E-state index contributed by atoms with van der Waals surface area (Å²) < 4.78 is 0. The number of allylic oxidation sites excluding steroid dienone is 1. The predicted molar refractivity (Wildman–Crippen MR) is 50.5 cm³/mol. The van der Waals surface area contributed by atoms with Gasteiger partial charge in [-0.25, -0.2) is 0 Å². The van der Waals surface area contributed by atoms with Crippen molar-refractivity contribution in [1.29, 1.82) is 0 Å². The van der Waals surface area contributed by atoms with Crippen LogP contribution in [0.3, 0.4) is 0 Å². The molecule has 0 aromatic carbocycles. The molecule has 1 fully saturated rings. The minimum Gasteiger partial charge on any atom is -0.366 e. The SMILES string of the molecule is NC(=O)C1=CN(CC2CC2)C=CC1. The van der Waals surface area contributed by atoms with E-state index in [1.807, 2.05) is 18.5 Å². The fourth-order valence-corrected chi connectivity index (χ4v) is 1.49. The summed E-state index contributed by atoms with van der Waals surface area (Å²) in [6.45, 7) is 1.04. The number of carbonyl (C=O) groups is 1. The first-order chi connectivity index (χ1) is 6.25.